The number of sulfonamides is 1. The largest absolute Gasteiger partial charge is 0.457 e. The molecule has 2 fully saturated rings. The molecule has 9 heteroatoms. The van der Waals surface area contributed by atoms with E-state index in [1.54, 1.807) is 24.3 Å². The van der Waals surface area contributed by atoms with Gasteiger partial charge in [-0.2, -0.15) is 4.31 Å². The standard InChI is InChI=1S/C23H29N3O5S/c1-32(29,30)26-14-5-12-23(26)13-15-25(16-21(23)27)17-22(28)24-18-8-10-20(11-9-18)31-19-6-3-2-4-7-19/h2-4,6-11,21,27H,5,12-17H2,1H3,(H,24,28)/t21-,23-/m0/s1. The molecule has 0 unspecified atom stereocenters. The van der Waals surface area contributed by atoms with Crippen molar-refractivity contribution in [3.63, 3.8) is 0 Å². The predicted octanol–water partition coefficient (Wildman–Crippen LogP) is 2.28. The van der Waals surface area contributed by atoms with Gasteiger partial charge < -0.3 is 15.2 Å². The maximum Gasteiger partial charge on any atom is 0.238 e. The lowest BCUT2D eigenvalue weighted by atomic mass is 9.83. The van der Waals surface area contributed by atoms with Gasteiger partial charge in [-0.15, -0.1) is 0 Å². The summed E-state index contributed by atoms with van der Waals surface area (Å²) in [7, 11) is -3.38. The van der Waals surface area contributed by atoms with Crippen LogP contribution in [0.3, 0.4) is 0 Å². The molecule has 2 aliphatic rings. The SMILES string of the molecule is CS(=O)(=O)N1CCC[C@@]12CCN(CC(=O)Nc1ccc(Oc3ccccc3)cc1)C[C@@H]2O. The molecule has 2 aliphatic heterocycles. The molecule has 172 valence electrons. The number of likely N-dealkylation sites (tertiary alicyclic amines) is 1. The topological polar surface area (TPSA) is 99.2 Å². The molecule has 0 saturated carbocycles. The molecule has 2 saturated heterocycles. The highest BCUT2D eigenvalue weighted by molar-refractivity contribution is 7.88. The van der Waals surface area contributed by atoms with Crippen molar-refractivity contribution in [3.05, 3.63) is 54.6 Å². The maximum atomic E-state index is 12.5. The number of aliphatic hydroxyl groups excluding tert-OH is 1. The quantitative estimate of drug-likeness (QED) is 0.688. The number of carbonyl (C=O) groups is 1. The fraction of sp³-hybridized carbons (Fsp3) is 0.435. The molecule has 0 aliphatic carbocycles. The van der Waals surface area contributed by atoms with Crippen molar-refractivity contribution in [1.29, 1.82) is 0 Å². The van der Waals surface area contributed by atoms with Crippen molar-refractivity contribution in [2.75, 3.05) is 37.8 Å². The van der Waals surface area contributed by atoms with Gasteiger partial charge >= 0.3 is 0 Å². The second kappa shape index (κ2) is 9.19. The Hall–Kier alpha value is -2.46. The molecule has 8 nitrogen and oxygen atoms in total. The van der Waals surface area contributed by atoms with Gasteiger partial charge in [-0.25, -0.2) is 8.42 Å². The molecule has 1 spiro atoms. The zero-order chi connectivity index (χ0) is 22.8. The zero-order valence-electron chi connectivity index (χ0n) is 18.1. The number of hydrogen-bond acceptors (Lipinski definition) is 6. The smallest absolute Gasteiger partial charge is 0.238 e. The van der Waals surface area contributed by atoms with E-state index in [0.29, 0.717) is 37.4 Å². The summed E-state index contributed by atoms with van der Waals surface area (Å²) in [5.74, 6) is 1.23. The number of piperidine rings is 1. The van der Waals surface area contributed by atoms with Crippen molar-refractivity contribution in [1.82, 2.24) is 9.21 Å². The summed E-state index contributed by atoms with van der Waals surface area (Å²) in [6.45, 7) is 1.40. The Bertz CT molecular complexity index is 1050. The first-order valence-electron chi connectivity index (χ1n) is 10.8. The van der Waals surface area contributed by atoms with Gasteiger partial charge in [-0.05, 0) is 55.7 Å². The number of anilines is 1. The molecule has 2 atom stereocenters. The summed E-state index contributed by atoms with van der Waals surface area (Å²) in [5.41, 5.74) is -0.0849. The van der Waals surface area contributed by atoms with Crippen LogP contribution >= 0.6 is 0 Å². The number of aliphatic hydroxyl groups is 1. The molecule has 4 rings (SSSR count). The van der Waals surface area contributed by atoms with Gasteiger partial charge in [0.1, 0.15) is 11.5 Å². The van der Waals surface area contributed by atoms with Crippen LogP contribution in [0.5, 0.6) is 11.5 Å². The Morgan fingerprint density at radius 2 is 1.78 bits per heavy atom. The Morgan fingerprint density at radius 1 is 1.09 bits per heavy atom. The van der Waals surface area contributed by atoms with Crippen LogP contribution in [0.25, 0.3) is 0 Å². The van der Waals surface area contributed by atoms with Crippen LogP contribution in [0.2, 0.25) is 0 Å². The molecule has 0 aromatic heterocycles. The van der Waals surface area contributed by atoms with Crippen molar-refractivity contribution in [3.8, 4) is 11.5 Å². The first kappa shape index (κ1) is 22.7. The average molecular weight is 460 g/mol. The summed E-state index contributed by atoms with van der Waals surface area (Å²) in [5, 5.41) is 13.7. The summed E-state index contributed by atoms with van der Waals surface area (Å²) in [6, 6.07) is 16.6. The van der Waals surface area contributed by atoms with Gasteiger partial charge in [0.05, 0.1) is 24.4 Å². The van der Waals surface area contributed by atoms with E-state index in [9.17, 15) is 18.3 Å². The van der Waals surface area contributed by atoms with E-state index >= 15 is 0 Å². The van der Waals surface area contributed by atoms with Gasteiger partial charge in [0, 0.05) is 25.3 Å². The third kappa shape index (κ3) is 4.96. The van der Waals surface area contributed by atoms with Crippen LogP contribution in [-0.2, 0) is 14.8 Å². The van der Waals surface area contributed by atoms with Gasteiger partial charge in [0.25, 0.3) is 0 Å². The molecular formula is C23H29N3O5S. The minimum Gasteiger partial charge on any atom is -0.457 e. The average Bonchev–Trinajstić information content (AvgIpc) is 3.19. The summed E-state index contributed by atoms with van der Waals surface area (Å²) >= 11 is 0. The number of nitrogens with one attached hydrogen (secondary N) is 1. The molecular weight excluding hydrogens is 430 g/mol. The molecule has 2 heterocycles. The normalized spacial score (nSPS) is 24.5. The fourth-order valence-corrected chi connectivity index (χ4v) is 6.18. The molecule has 32 heavy (non-hydrogen) atoms. The summed E-state index contributed by atoms with van der Waals surface area (Å²) in [4.78, 5) is 14.4. The second-order valence-electron chi connectivity index (χ2n) is 8.53. The summed E-state index contributed by atoms with van der Waals surface area (Å²) in [6.07, 6.45) is 2.28. The number of hydrogen-bond donors (Lipinski definition) is 2. The number of nitrogens with zero attached hydrogens (tertiary/aromatic N) is 2. The van der Waals surface area contributed by atoms with E-state index in [1.807, 2.05) is 35.2 Å². The molecule has 2 aromatic carbocycles. The zero-order valence-corrected chi connectivity index (χ0v) is 18.9. The molecule has 0 radical (unpaired) electrons. The molecule has 2 aromatic rings. The lowest BCUT2D eigenvalue weighted by Gasteiger charge is -2.47. The van der Waals surface area contributed by atoms with Gasteiger partial charge in [0.2, 0.25) is 15.9 Å². The third-order valence-electron chi connectivity index (χ3n) is 6.26. The highest BCUT2D eigenvalue weighted by Gasteiger charge is 2.52. The van der Waals surface area contributed by atoms with Crippen LogP contribution < -0.4 is 10.1 Å². The first-order valence-corrected chi connectivity index (χ1v) is 12.6. The maximum absolute atomic E-state index is 12.5. The highest BCUT2D eigenvalue weighted by Crippen LogP contribution is 2.40. The van der Waals surface area contributed by atoms with Gasteiger partial charge in [0.15, 0.2) is 0 Å². The minimum absolute atomic E-state index is 0.133. The van der Waals surface area contributed by atoms with E-state index in [4.69, 9.17) is 4.74 Å². The van der Waals surface area contributed by atoms with Crippen LogP contribution in [0.1, 0.15) is 19.3 Å². The van der Waals surface area contributed by atoms with Crippen molar-refractivity contribution >= 4 is 21.6 Å². The number of para-hydroxylation sites is 1. The van der Waals surface area contributed by atoms with Gasteiger partial charge in [-0.1, -0.05) is 18.2 Å². The van der Waals surface area contributed by atoms with Gasteiger partial charge in [-0.3, -0.25) is 9.69 Å². The Balaban J connectivity index is 1.30. The highest BCUT2D eigenvalue weighted by atomic mass is 32.2. The predicted molar refractivity (Wildman–Crippen MR) is 122 cm³/mol. The Morgan fingerprint density at radius 3 is 2.44 bits per heavy atom. The monoisotopic (exact) mass is 459 g/mol. The van der Waals surface area contributed by atoms with Crippen molar-refractivity contribution in [2.24, 2.45) is 0 Å². The summed E-state index contributed by atoms with van der Waals surface area (Å²) < 4.78 is 31.6. The number of amides is 1. The molecule has 2 N–H and O–H groups in total. The Kier molecular flexibility index (Phi) is 6.52. The number of β-amino-alcohol motifs (C(OH)–C–C–N with tert-alkyl or cyclic N) is 1. The number of benzene rings is 2. The number of ether oxygens (including phenoxy) is 1. The first-order chi connectivity index (χ1) is 15.3. The second-order valence-corrected chi connectivity index (χ2v) is 10.4. The van der Waals surface area contributed by atoms with E-state index in [0.717, 1.165) is 12.2 Å². The Labute approximate surface area is 188 Å². The fourth-order valence-electron chi connectivity index (χ4n) is 4.76. The number of rotatable bonds is 6. The lowest BCUT2D eigenvalue weighted by Crippen LogP contribution is -2.63. The van der Waals surface area contributed by atoms with Crippen LogP contribution in [0, 0.1) is 0 Å². The van der Waals surface area contributed by atoms with E-state index in [1.165, 1.54) is 10.6 Å². The van der Waals surface area contributed by atoms with Crippen molar-refractivity contribution in [2.45, 2.75) is 30.9 Å². The van der Waals surface area contributed by atoms with E-state index < -0.39 is 21.7 Å². The van der Waals surface area contributed by atoms with Crippen LogP contribution in [0.15, 0.2) is 54.6 Å². The molecule has 0 bridgehead atoms. The van der Waals surface area contributed by atoms with Crippen LogP contribution in [-0.4, -0.2) is 72.7 Å². The minimum atomic E-state index is -3.38. The van der Waals surface area contributed by atoms with Crippen molar-refractivity contribution < 1.29 is 23.1 Å². The molecule has 1 amide bonds. The number of carbonyl (C=O) groups excluding carboxylic acids is 1. The van der Waals surface area contributed by atoms with Crippen LogP contribution in [0.4, 0.5) is 5.69 Å². The van der Waals surface area contributed by atoms with E-state index in [-0.39, 0.29) is 19.0 Å². The lowest BCUT2D eigenvalue weighted by molar-refractivity contribution is -0.119. The van der Waals surface area contributed by atoms with E-state index in [2.05, 4.69) is 5.32 Å². The third-order valence-corrected chi connectivity index (χ3v) is 7.61.